The average molecular weight is 193 g/mol. The highest BCUT2D eigenvalue weighted by atomic mass is 16.5. The van der Waals surface area contributed by atoms with Crippen molar-refractivity contribution in [1.82, 2.24) is 0 Å². The highest BCUT2D eigenvalue weighted by Gasteiger charge is 2.23. The first-order chi connectivity index (χ1) is 5.99. The van der Waals surface area contributed by atoms with Crippen molar-refractivity contribution in [3.63, 3.8) is 0 Å². The van der Waals surface area contributed by atoms with Gasteiger partial charge >= 0.3 is 6.09 Å². The minimum Gasteiger partial charge on any atom is -0.442 e. The maximum Gasteiger partial charge on any atom is 0.404 e. The van der Waals surface area contributed by atoms with E-state index in [2.05, 4.69) is 10.5 Å². The zero-order chi connectivity index (χ0) is 10.4. The molecular formula is C6H11NO6. The molecule has 0 fully saturated rings. The number of aliphatic hydroxyl groups excluding tert-OH is 3. The van der Waals surface area contributed by atoms with Crippen molar-refractivity contribution in [3.8, 4) is 0 Å². The molecule has 0 aromatic rings. The number of ether oxygens (including phenoxy) is 1. The van der Waals surface area contributed by atoms with Crippen molar-refractivity contribution in [2.75, 3.05) is 13.2 Å². The largest absolute Gasteiger partial charge is 0.442 e. The van der Waals surface area contributed by atoms with Crippen LogP contribution in [0.25, 0.3) is 0 Å². The Hall–Kier alpha value is -1.18. The second-order valence-corrected chi connectivity index (χ2v) is 2.27. The Morgan fingerprint density at radius 1 is 1.38 bits per heavy atom. The van der Waals surface area contributed by atoms with Crippen molar-refractivity contribution in [2.24, 2.45) is 5.73 Å². The molecule has 0 bridgehead atoms. The molecule has 1 amide bonds. The molecule has 0 rings (SSSR count). The highest BCUT2D eigenvalue weighted by molar-refractivity contribution is 5.86. The van der Waals surface area contributed by atoms with Crippen LogP contribution in [-0.4, -0.2) is 52.6 Å². The van der Waals surface area contributed by atoms with Crippen LogP contribution in [0.3, 0.4) is 0 Å². The summed E-state index contributed by atoms with van der Waals surface area (Å²) < 4.78 is 4.06. The molecule has 0 aromatic carbocycles. The van der Waals surface area contributed by atoms with Crippen LogP contribution >= 0.6 is 0 Å². The summed E-state index contributed by atoms with van der Waals surface area (Å²) in [6.07, 6.45) is -4.51. The van der Waals surface area contributed by atoms with Crippen LogP contribution in [0.2, 0.25) is 0 Å². The van der Waals surface area contributed by atoms with Gasteiger partial charge in [-0.25, -0.2) is 4.79 Å². The number of rotatable bonds is 5. The molecule has 0 heterocycles. The summed E-state index contributed by atoms with van der Waals surface area (Å²) in [5.41, 5.74) is 4.54. The molecule has 76 valence electrons. The molecule has 0 aliphatic carbocycles. The van der Waals surface area contributed by atoms with Gasteiger partial charge in [-0.15, -0.1) is 0 Å². The minimum absolute atomic E-state index is 0.729. The molecule has 0 saturated carbocycles. The van der Waals surface area contributed by atoms with E-state index in [4.69, 9.17) is 15.3 Å². The number of nitrogens with two attached hydrogens (primary N) is 1. The maximum absolute atomic E-state index is 10.8. The van der Waals surface area contributed by atoms with Gasteiger partial charge in [0.15, 0.2) is 6.61 Å². The van der Waals surface area contributed by atoms with E-state index >= 15 is 0 Å². The first kappa shape index (κ1) is 11.8. The van der Waals surface area contributed by atoms with Gasteiger partial charge in [-0.05, 0) is 0 Å². The van der Waals surface area contributed by atoms with E-state index in [-0.39, 0.29) is 0 Å². The molecule has 0 unspecified atom stereocenters. The molecule has 7 nitrogen and oxygen atoms in total. The molecule has 2 atom stereocenters. The number of ketones is 1. The molecule has 5 N–H and O–H groups in total. The second kappa shape index (κ2) is 5.46. The third kappa shape index (κ3) is 4.41. The van der Waals surface area contributed by atoms with Gasteiger partial charge in [0.1, 0.15) is 12.2 Å². The van der Waals surface area contributed by atoms with E-state index in [0.717, 1.165) is 0 Å². The van der Waals surface area contributed by atoms with Crippen molar-refractivity contribution < 1.29 is 29.6 Å². The van der Waals surface area contributed by atoms with Crippen LogP contribution in [0, 0.1) is 0 Å². The van der Waals surface area contributed by atoms with Crippen LogP contribution < -0.4 is 5.73 Å². The van der Waals surface area contributed by atoms with Crippen molar-refractivity contribution in [2.45, 2.75) is 12.2 Å². The lowest BCUT2D eigenvalue weighted by atomic mass is 10.1. The topological polar surface area (TPSA) is 130 Å². The van der Waals surface area contributed by atoms with Crippen molar-refractivity contribution in [1.29, 1.82) is 0 Å². The zero-order valence-electron chi connectivity index (χ0n) is 6.71. The molecule has 0 aliphatic rings. The number of carbonyl (C=O) groups excluding carboxylic acids is 2. The smallest absolute Gasteiger partial charge is 0.404 e. The molecule has 0 radical (unpaired) electrons. The Morgan fingerprint density at radius 3 is 2.31 bits per heavy atom. The van der Waals surface area contributed by atoms with E-state index in [1.54, 1.807) is 0 Å². The van der Waals surface area contributed by atoms with Gasteiger partial charge in [-0.1, -0.05) is 0 Å². The normalized spacial score (nSPS) is 14.7. The predicted octanol–water partition coefficient (Wildman–Crippen LogP) is -2.64. The van der Waals surface area contributed by atoms with E-state index in [1.165, 1.54) is 0 Å². The zero-order valence-corrected chi connectivity index (χ0v) is 6.71. The van der Waals surface area contributed by atoms with Crippen molar-refractivity contribution >= 4 is 11.9 Å². The number of carbonyl (C=O) groups is 2. The molecule has 0 saturated heterocycles. The fourth-order valence-electron chi connectivity index (χ4n) is 0.542. The monoisotopic (exact) mass is 193 g/mol. The summed E-state index contributed by atoms with van der Waals surface area (Å²) in [6.45, 7) is -1.49. The number of hydrogen-bond donors (Lipinski definition) is 4. The average Bonchev–Trinajstić information content (AvgIpc) is 2.11. The SMILES string of the molecule is NC(=O)OCC(=O)[C@@H](O)[C@@H](O)CO. The fraction of sp³-hybridized carbons (Fsp3) is 0.667. The first-order valence-corrected chi connectivity index (χ1v) is 3.41. The number of hydrogen-bond acceptors (Lipinski definition) is 6. The first-order valence-electron chi connectivity index (χ1n) is 3.41. The van der Waals surface area contributed by atoms with E-state index < -0.39 is 37.3 Å². The van der Waals surface area contributed by atoms with Crippen LogP contribution in [0.1, 0.15) is 0 Å². The van der Waals surface area contributed by atoms with Gasteiger partial charge in [0.25, 0.3) is 0 Å². The van der Waals surface area contributed by atoms with Crippen molar-refractivity contribution in [3.05, 3.63) is 0 Å². The Balaban J connectivity index is 3.89. The number of amides is 1. The van der Waals surface area contributed by atoms with Crippen LogP contribution in [0.5, 0.6) is 0 Å². The number of Topliss-reactive ketones (excluding diaryl/α,β-unsaturated/α-hetero) is 1. The molecule has 0 aromatic heterocycles. The molecule has 7 heteroatoms. The predicted molar refractivity (Wildman–Crippen MR) is 39.6 cm³/mol. The summed E-state index contributed by atoms with van der Waals surface area (Å²) in [5.74, 6) is -0.930. The van der Waals surface area contributed by atoms with E-state index in [0.29, 0.717) is 0 Å². The van der Waals surface area contributed by atoms with Gasteiger partial charge < -0.3 is 25.8 Å². The third-order valence-electron chi connectivity index (χ3n) is 1.24. The summed E-state index contributed by atoms with van der Waals surface area (Å²) in [6, 6.07) is 0. The Kier molecular flexibility index (Phi) is 4.97. The maximum atomic E-state index is 10.8. The summed E-state index contributed by atoms with van der Waals surface area (Å²) in [5, 5.41) is 26.0. The number of primary amides is 1. The van der Waals surface area contributed by atoms with Gasteiger partial charge in [0.05, 0.1) is 6.61 Å². The highest BCUT2D eigenvalue weighted by Crippen LogP contribution is 1.95. The summed E-state index contributed by atoms with van der Waals surface area (Å²) in [7, 11) is 0. The second-order valence-electron chi connectivity index (χ2n) is 2.27. The number of aliphatic hydroxyl groups is 3. The lowest BCUT2D eigenvalue weighted by Crippen LogP contribution is -2.39. The van der Waals surface area contributed by atoms with Crippen LogP contribution in [0.4, 0.5) is 4.79 Å². The summed E-state index contributed by atoms with van der Waals surface area (Å²) >= 11 is 0. The van der Waals surface area contributed by atoms with Gasteiger partial charge in [0.2, 0.25) is 5.78 Å². The van der Waals surface area contributed by atoms with Crippen LogP contribution in [0.15, 0.2) is 0 Å². The minimum atomic E-state index is -1.77. The standard InChI is InChI=1S/C6H11NO6/c7-6(12)13-2-4(10)5(11)3(9)1-8/h3,5,8-9,11H,1-2H2,(H2,7,12)/t3-,5-/m0/s1. The molecule has 13 heavy (non-hydrogen) atoms. The van der Waals surface area contributed by atoms with Gasteiger partial charge in [0, 0.05) is 0 Å². The Morgan fingerprint density at radius 2 is 1.92 bits per heavy atom. The third-order valence-corrected chi connectivity index (χ3v) is 1.24. The Bertz CT molecular complexity index is 194. The van der Waals surface area contributed by atoms with E-state index in [1.807, 2.05) is 0 Å². The van der Waals surface area contributed by atoms with Gasteiger partial charge in [-0.3, -0.25) is 4.79 Å². The van der Waals surface area contributed by atoms with E-state index in [9.17, 15) is 9.59 Å². The van der Waals surface area contributed by atoms with Crippen LogP contribution in [-0.2, 0) is 9.53 Å². The lowest BCUT2D eigenvalue weighted by molar-refractivity contribution is -0.137. The van der Waals surface area contributed by atoms with Gasteiger partial charge in [-0.2, -0.15) is 0 Å². The fourth-order valence-corrected chi connectivity index (χ4v) is 0.542. The Labute approximate surface area is 73.7 Å². The molecular weight excluding hydrogens is 182 g/mol. The lowest BCUT2D eigenvalue weighted by Gasteiger charge is -2.13. The summed E-state index contributed by atoms with van der Waals surface area (Å²) in [4.78, 5) is 20.8. The molecule has 0 aliphatic heterocycles. The molecule has 0 spiro atoms. The quantitative estimate of drug-likeness (QED) is 0.377.